The number of aromatic carboxylic acids is 1. The normalized spacial score (nSPS) is 14.0. The molecular formula is C14H19N3O3S. The van der Waals surface area contributed by atoms with Gasteiger partial charge in [0.1, 0.15) is 16.4 Å². The molecule has 21 heavy (non-hydrogen) atoms. The summed E-state index contributed by atoms with van der Waals surface area (Å²) in [6.07, 6.45) is 2.74. The van der Waals surface area contributed by atoms with Gasteiger partial charge in [-0.3, -0.25) is 4.79 Å². The van der Waals surface area contributed by atoms with Gasteiger partial charge in [-0.25, -0.2) is 14.8 Å². The topological polar surface area (TPSA) is 83.4 Å². The molecule has 0 aliphatic heterocycles. The Bertz CT molecular complexity index is 573. The zero-order valence-electron chi connectivity index (χ0n) is 12.4. The van der Waals surface area contributed by atoms with Gasteiger partial charge in [0.2, 0.25) is 5.91 Å². The number of carboxylic acids is 1. The molecule has 0 saturated heterocycles. The van der Waals surface area contributed by atoms with Crippen molar-refractivity contribution in [3.63, 3.8) is 0 Å². The smallest absolute Gasteiger partial charge is 0.340 e. The van der Waals surface area contributed by atoms with Crippen LogP contribution in [-0.4, -0.2) is 50.7 Å². The zero-order valence-corrected chi connectivity index (χ0v) is 13.2. The van der Waals surface area contributed by atoms with Crippen LogP contribution >= 0.6 is 11.8 Å². The lowest BCUT2D eigenvalue weighted by Gasteiger charge is -2.16. The number of carbonyl (C=O) groups excluding carboxylic acids is 1. The van der Waals surface area contributed by atoms with Crippen LogP contribution < -0.4 is 0 Å². The van der Waals surface area contributed by atoms with Crippen molar-refractivity contribution >= 4 is 23.6 Å². The van der Waals surface area contributed by atoms with E-state index in [9.17, 15) is 14.7 Å². The quantitative estimate of drug-likeness (QED) is 0.637. The van der Waals surface area contributed by atoms with E-state index in [1.807, 2.05) is 6.92 Å². The third-order valence-electron chi connectivity index (χ3n) is 3.45. The molecule has 1 aliphatic carbocycles. The van der Waals surface area contributed by atoms with Gasteiger partial charge >= 0.3 is 5.97 Å². The van der Waals surface area contributed by atoms with E-state index < -0.39 is 5.97 Å². The average Bonchev–Trinajstić information content (AvgIpc) is 3.27. The molecule has 0 atom stereocenters. The highest BCUT2D eigenvalue weighted by Crippen LogP contribution is 2.28. The molecule has 1 aromatic heterocycles. The summed E-state index contributed by atoms with van der Waals surface area (Å²) in [5.41, 5.74) is 0.541. The molecule has 6 nitrogen and oxygen atoms in total. The number of rotatable bonds is 6. The lowest BCUT2D eigenvalue weighted by atomic mass is 10.2. The van der Waals surface area contributed by atoms with Crippen LogP contribution in [-0.2, 0) is 11.2 Å². The summed E-state index contributed by atoms with van der Waals surface area (Å²) in [5.74, 6) is -0.246. The lowest BCUT2D eigenvalue weighted by Crippen LogP contribution is -2.30. The first-order valence-electron chi connectivity index (χ1n) is 6.93. The standard InChI is InChI=1S/C14H19N3O3S/c1-4-10-15-8(2)12(14(19)20)13(16-10)21-7-11(18)17(3)9-5-6-9/h9H,4-7H2,1-3H3,(H,19,20). The molecule has 114 valence electrons. The van der Waals surface area contributed by atoms with Crippen LogP contribution in [0.5, 0.6) is 0 Å². The Balaban J connectivity index is 2.15. The predicted octanol–water partition coefficient (Wildman–Crippen LogP) is 1.76. The van der Waals surface area contributed by atoms with Crippen LogP contribution in [0.15, 0.2) is 5.03 Å². The van der Waals surface area contributed by atoms with E-state index in [-0.39, 0.29) is 17.2 Å². The molecule has 0 unspecified atom stereocenters. The first-order valence-corrected chi connectivity index (χ1v) is 7.91. The highest BCUT2D eigenvalue weighted by molar-refractivity contribution is 8.00. The van der Waals surface area contributed by atoms with E-state index in [0.29, 0.717) is 29.0 Å². The molecule has 0 radical (unpaired) electrons. The number of nitrogens with zero attached hydrogens (tertiary/aromatic N) is 3. The fraction of sp³-hybridized carbons (Fsp3) is 0.571. The Morgan fingerprint density at radius 1 is 1.38 bits per heavy atom. The fourth-order valence-electron chi connectivity index (χ4n) is 2.01. The molecule has 1 heterocycles. The Labute approximate surface area is 128 Å². The second-order valence-corrected chi connectivity index (χ2v) is 6.05. The van der Waals surface area contributed by atoms with Crippen LogP contribution in [0.4, 0.5) is 0 Å². The summed E-state index contributed by atoms with van der Waals surface area (Å²) in [5, 5.41) is 9.67. The molecule has 0 spiro atoms. The number of aromatic nitrogens is 2. The highest BCUT2D eigenvalue weighted by Gasteiger charge is 2.29. The van der Waals surface area contributed by atoms with Crippen molar-refractivity contribution in [2.24, 2.45) is 0 Å². The number of hydrogen-bond donors (Lipinski definition) is 1. The first-order chi connectivity index (χ1) is 9.93. The predicted molar refractivity (Wildman–Crippen MR) is 79.6 cm³/mol. The van der Waals surface area contributed by atoms with Crippen LogP contribution in [0.1, 0.15) is 41.6 Å². The van der Waals surface area contributed by atoms with Gasteiger partial charge in [-0.1, -0.05) is 18.7 Å². The minimum Gasteiger partial charge on any atom is -0.478 e. The Morgan fingerprint density at radius 3 is 2.57 bits per heavy atom. The number of thioether (sulfide) groups is 1. The van der Waals surface area contributed by atoms with Gasteiger partial charge in [-0.15, -0.1) is 0 Å². The monoisotopic (exact) mass is 309 g/mol. The molecule has 0 bridgehead atoms. The maximum Gasteiger partial charge on any atom is 0.340 e. The van der Waals surface area contributed by atoms with Gasteiger partial charge < -0.3 is 10.0 Å². The number of aryl methyl sites for hydroxylation is 2. The summed E-state index contributed by atoms with van der Waals surface area (Å²) in [7, 11) is 1.79. The lowest BCUT2D eigenvalue weighted by molar-refractivity contribution is -0.127. The molecule has 7 heteroatoms. The van der Waals surface area contributed by atoms with Crippen LogP contribution in [0.3, 0.4) is 0 Å². The highest BCUT2D eigenvalue weighted by atomic mass is 32.2. The van der Waals surface area contributed by atoms with E-state index in [0.717, 1.165) is 12.8 Å². The molecule has 2 rings (SSSR count). The summed E-state index contributed by atoms with van der Waals surface area (Å²) >= 11 is 1.18. The van der Waals surface area contributed by atoms with Crippen molar-refractivity contribution in [3.8, 4) is 0 Å². The van der Waals surface area contributed by atoms with Crippen molar-refractivity contribution in [2.75, 3.05) is 12.8 Å². The third kappa shape index (κ3) is 3.72. The van der Waals surface area contributed by atoms with E-state index >= 15 is 0 Å². The van der Waals surface area contributed by atoms with Crippen molar-refractivity contribution in [1.29, 1.82) is 0 Å². The van der Waals surface area contributed by atoms with Gasteiger partial charge in [0.25, 0.3) is 0 Å². The second kappa shape index (κ2) is 6.43. The maximum atomic E-state index is 12.0. The average molecular weight is 309 g/mol. The van der Waals surface area contributed by atoms with Crippen molar-refractivity contribution in [2.45, 2.75) is 44.2 Å². The number of carbonyl (C=O) groups is 2. The SMILES string of the molecule is CCc1nc(C)c(C(=O)O)c(SCC(=O)N(C)C2CC2)n1. The zero-order chi connectivity index (χ0) is 15.6. The first kappa shape index (κ1) is 15.8. The minimum atomic E-state index is -1.05. The van der Waals surface area contributed by atoms with Gasteiger partial charge in [-0.2, -0.15) is 0 Å². The van der Waals surface area contributed by atoms with Gasteiger partial charge in [0.05, 0.1) is 11.4 Å². The van der Waals surface area contributed by atoms with Crippen LogP contribution in [0, 0.1) is 6.92 Å². The molecule has 1 aliphatic rings. The van der Waals surface area contributed by atoms with E-state index in [1.54, 1.807) is 18.9 Å². The maximum absolute atomic E-state index is 12.0. The largest absolute Gasteiger partial charge is 0.478 e. The van der Waals surface area contributed by atoms with Crippen molar-refractivity contribution in [3.05, 3.63) is 17.1 Å². The Hall–Kier alpha value is -1.63. The van der Waals surface area contributed by atoms with Crippen LogP contribution in [0.25, 0.3) is 0 Å². The summed E-state index contributed by atoms with van der Waals surface area (Å²) in [4.78, 5) is 33.6. The second-order valence-electron chi connectivity index (χ2n) is 5.09. The molecular weight excluding hydrogens is 290 g/mol. The molecule has 1 saturated carbocycles. The van der Waals surface area contributed by atoms with Gasteiger partial charge in [-0.05, 0) is 19.8 Å². The fourth-order valence-corrected chi connectivity index (χ4v) is 3.02. The van der Waals surface area contributed by atoms with Gasteiger partial charge in [0.15, 0.2) is 0 Å². The molecule has 1 fully saturated rings. The van der Waals surface area contributed by atoms with Crippen LogP contribution in [0.2, 0.25) is 0 Å². The van der Waals surface area contributed by atoms with E-state index in [4.69, 9.17) is 0 Å². The van der Waals surface area contributed by atoms with E-state index in [1.165, 1.54) is 11.8 Å². The van der Waals surface area contributed by atoms with Gasteiger partial charge in [0, 0.05) is 19.5 Å². The summed E-state index contributed by atoms with van der Waals surface area (Å²) < 4.78 is 0. The summed E-state index contributed by atoms with van der Waals surface area (Å²) in [6.45, 7) is 3.57. The summed E-state index contributed by atoms with van der Waals surface area (Å²) in [6, 6.07) is 0.357. The number of amides is 1. The molecule has 0 aromatic carbocycles. The Kier molecular flexibility index (Phi) is 4.82. The van der Waals surface area contributed by atoms with Crippen molar-refractivity contribution < 1.29 is 14.7 Å². The third-order valence-corrected chi connectivity index (χ3v) is 4.41. The van der Waals surface area contributed by atoms with Crippen molar-refractivity contribution in [1.82, 2.24) is 14.9 Å². The Morgan fingerprint density at radius 2 is 2.05 bits per heavy atom. The number of carboxylic acid groups (broad SMARTS) is 1. The molecule has 1 amide bonds. The molecule has 1 aromatic rings. The van der Waals surface area contributed by atoms with E-state index in [2.05, 4.69) is 9.97 Å². The number of hydrogen-bond acceptors (Lipinski definition) is 5. The minimum absolute atomic E-state index is 0.00755. The molecule has 1 N–H and O–H groups in total.